The van der Waals surface area contributed by atoms with E-state index in [0.717, 1.165) is 68.0 Å². The number of H-pyrrole nitrogens is 1. The fourth-order valence-corrected chi connectivity index (χ4v) is 7.35. The topological polar surface area (TPSA) is 85.1 Å². The monoisotopic (exact) mass is 602 g/mol. The quantitative estimate of drug-likeness (QED) is 0.175. The maximum Gasteiger partial charge on any atom is 0.241 e. The molecule has 7 heteroatoms. The summed E-state index contributed by atoms with van der Waals surface area (Å²) < 4.78 is 0. The standard InChI is InChI=1S/C38H46N6O/c1-38(2,3)28-14-18-30(19-15-28)44-34(26-10-8-25(9-11-26)33-24-41-36(43-33)31-6-4-22-39-31)20-21-35(44)27-12-16-29(17-13-27)42-37(45)32-7-5-23-40-32/h8-19,24,31-32,34-35,39-40H,4-7,20-23H2,1-3H3,(H,41,43)(H,42,45)/t31-,32?,34?,35?/m0/s1. The maximum atomic E-state index is 12.7. The molecule has 234 valence electrons. The molecule has 7 nitrogen and oxygen atoms in total. The highest BCUT2D eigenvalue weighted by Crippen LogP contribution is 2.47. The van der Waals surface area contributed by atoms with Gasteiger partial charge in [-0.05, 0) is 104 Å². The van der Waals surface area contributed by atoms with E-state index in [-0.39, 0.29) is 29.4 Å². The number of amides is 1. The van der Waals surface area contributed by atoms with Gasteiger partial charge in [-0.25, -0.2) is 4.98 Å². The average molecular weight is 603 g/mol. The molecular weight excluding hydrogens is 556 g/mol. The van der Waals surface area contributed by atoms with Crippen LogP contribution in [-0.2, 0) is 10.2 Å². The second-order valence-electron chi connectivity index (χ2n) is 14.0. The van der Waals surface area contributed by atoms with Crippen LogP contribution in [0.2, 0.25) is 0 Å². The molecule has 1 aromatic heterocycles. The molecule has 0 spiro atoms. The molecule has 7 rings (SSSR count). The molecule has 0 radical (unpaired) electrons. The predicted molar refractivity (Wildman–Crippen MR) is 182 cm³/mol. The number of nitrogens with one attached hydrogen (secondary N) is 4. The summed E-state index contributed by atoms with van der Waals surface area (Å²) in [5.41, 5.74) is 8.37. The van der Waals surface area contributed by atoms with Gasteiger partial charge < -0.3 is 25.8 Å². The van der Waals surface area contributed by atoms with Crippen molar-refractivity contribution in [1.82, 2.24) is 20.6 Å². The van der Waals surface area contributed by atoms with Crippen molar-refractivity contribution >= 4 is 17.3 Å². The van der Waals surface area contributed by atoms with Crippen molar-refractivity contribution in [2.24, 2.45) is 0 Å². The molecule has 0 bridgehead atoms. The van der Waals surface area contributed by atoms with Crippen LogP contribution in [0.15, 0.2) is 79.0 Å². The van der Waals surface area contributed by atoms with Crippen molar-refractivity contribution in [2.75, 3.05) is 23.3 Å². The SMILES string of the molecule is CC(C)(C)c1ccc(N2C(c3ccc(NC(=O)C4CCCN4)cc3)CCC2c2ccc(-c3cnc([C@@H]4CCCN4)[nH]3)cc2)cc1. The average Bonchev–Trinajstić information content (AvgIpc) is 3.88. The number of imidazole rings is 1. The zero-order valence-electron chi connectivity index (χ0n) is 26.8. The van der Waals surface area contributed by atoms with Crippen LogP contribution >= 0.6 is 0 Å². The number of anilines is 2. The van der Waals surface area contributed by atoms with Gasteiger partial charge in [0.25, 0.3) is 0 Å². The zero-order valence-corrected chi connectivity index (χ0v) is 26.8. The minimum atomic E-state index is -0.0853. The van der Waals surface area contributed by atoms with Crippen molar-refractivity contribution in [3.05, 3.63) is 102 Å². The van der Waals surface area contributed by atoms with E-state index >= 15 is 0 Å². The number of aromatic amines is 1. The Morgan fingerprint density at radius 1 is 0.800 bits per heavy atom. The number of rotatable bonds is 7. The van der Waals surface area contributed by atoms with Gasteiger partial charge in [0.2, 0.25) is 5.91 Å². The number of hydrogen-bond acceptors (Lipinski definition) is 5. The second kappa shape index (κ2) is 12.5. The number of aromatic nitrogens is 2. The minimum absolute atomic E-state index is 0.0618. The van der Waals surface area contributed by atoms with Gasteiger partial charge >= 0.3 is 0 Å². The molecule has 0 saturated carbocycles. The molecule has 45 heavy (non-hydrogen) atoms. The molecule has 4 atom stereocenters. The van der Waals surface area contributed by atoms with E-state index in [1.54, 1.807) is 0 Å². The van der Waals surface area contributed by atoms with E-state index in [4.69, 9.17) is 0 Å². The summed E-state index contributed by atoms with van der Waals surface area (Å²) in [5.74, 6) is 1.10. The largest absolute Gasteiger partial charge is 0.357 e. The normalized spacial score (nSPS) is 23.5. The molecule has 3 fully saturated rings. The molecule has 3 aromatic carbocycles. The molecule has 1 amide bonds. The highest BCUT2D eigenvalue weighted by atomic mass is 16.2. The molecule has 3 unspecified atom stereocenters. The van der Waals surface area contributed by atoms with E-state index in [9.17, 15) is 4.79 Å². The summed E-state index contributed by atoms with van der Waals surface area (Å²) in [5, 5.41) is 9.94. The van der Waals surface area contributed by atoms with Crippen LogP contribution in [0, 0.1) is 0 Å². The maximum absolute atomic E-state index is 12.7. The molecule has 4 aromatic rings. The third-order valence-corrected chi connectivity index (χ3v) is 9.95. The Morgan fingerprint density at radius 3 is 2.04 bits per heavy atom. The molecule has 3 saturated heterocycles. The van der Waals surface area contributed by atoms with Crippen molar-refractivity contribution in [3.8, 4) is 11.3 Å². The Hall–Kier alpha value is -3.94. The van der Waals surface area contributed by atoms with E-state index in [2.05, 4.69) is 124 Å². The second-order valence-corrected chi connectivity index (χ2v) is 14.0. The lowest BCUT2D eigenvalue weighted by Gasteiger charge is -2.34. The van der Waals surface area contributed by atoms with E-state index in [1.807, 2.05) is 6.20 Å². The number of nitrogens with zero attached hydrogens (tertiary/aromatic N) is 2. The smallest absolute Gasteiger partial charge is 0.241 e. The highest BCUT2D eigenvalue weighted by molar-refractivity contribution is 5.95. The van der Waals surface area contributed by atoms with Crippen molar-refractivity contribution in [2.45, 2.75) is 88.9 Å². The van der Waals surface area contributed by atoms with Gasteiger partial charge in [-0.1, -0.05) is 69.3 Å². The van der Waals surface area contributed by atoms with Gasteiger partial charge in [0.05, 0.1) is 36.1 Å². The first-order valence-electron chi connectivity index (χ1n) is 16.8. The Kier molecular flexibility index (Phi) is 8.23. The lowest BCUT2D eigenvalue weighted by atomic mass is 9.87. The van der Waals surface area contributed by atoms with Crippen molar-refractivity contribution < 1.29 is 4.79 Å². The van der Waals surface area contributed by atoms with Crippen LogP contribution in [0.3, 0.4) is 0 Å². The Balaban J connectivity index is 1.14. The van der Waals surface area contributed by atoms with Crippen LogP contribution < -0.4 is 20.9 Å². The first-order chi connectivity index (χ1) is 21.8. The zero-order chi connectivity index (χ0) is 31.0. The third-order valence-electron chi connectivity index (χ3n) is 9.95. The summed E-state index contributed by atoms with van der Waals surface area (Å²) >= 11 is 0. The number of carbonyl (C=O) groups is 1. The number of carbonyl (C=O) groups excluding carboxylic acids is 1. The summed E-state index contributed by atoms with van der Waals surface area (Å²) in [6, 6.07) is 27.5. The number of hydrogen-bond donors (Lipinski definition) is 4. The first kappa shape index (κ1) is 29.8. The van der Waals surface area contributed by atoms with E-state index in [0.29, 0.717) is 6.04 Å². The lowest BCUT2D eigenvalue weighted by Crippen LogP contribution is -2.35. The van der Waals surface area contributed by atoms with Crippen LogP contribution in [0.5, 0.6) is 0 Å². The summed E-state index contributed by atoms with van der Waals surface area (Å²) in [4.78, 5) is 23.5. The molecule has 0 aliphatic carbocycles. The predicted octanol–water partition coefficient (Wildman–Crippen LogP) is 7.57. The van der Waals surface area contributed by atoms with Crippen LogP contribution in [0.25, 0.3) is 11.3 Å². The van der Waals surface area contributed by atoms with Gasteiger partial charge in [-0.3, -0.25) is 4.79 Å². The van der Waals surface area contributed by atoms with Crippen LogP contribution in [0.1, 0.15) is 99.9 Å². The molecular formula is C38H46N6O. The fraction of sp³-hybridized carbons (Fsp3) is 0.421. The molecule has 4 N–H and O–H groups in total. The Morgan fingerprint density at radius 2 is 1.44 bits per heavy atom. The van der Waals surface area contributed by atoms with Gasteiger partial charge in [0.15, 0.2) is 0 Å². The summed E-state index contributed by atoms with van der Waals surface area (Å²) in [6.45, 7) is 8.77. The third kappa shape index (κ3) is 6.29. The van der Waals surface area contributed by atoms with Gasteiger partial charge in [0, 0.05) is 11.4 Å². The Labute approximate surface area is 267 Å². The minimum Gasteiger partial charge on any atom is -0.357 e. The Bertz CT molecular complexity index is 1590. The van der Waals surface area contributed by atoms with Gasteiger partial charge in [0.1, 0.15) is 5.82 Å². The van der Waals surface area contributed by atoms with Crippen molar-refractivity contribution in [3.63, 3.8) is 0 Å². The summed E-state index contributed by atoms with van der Waals surface area (Å²) in [7, 11) is 0. The van der Waals surface area contributed by atoms with Gasteiger partial charge in [-0.2, -0.15) is 0 Å². The fourth-order valence-electron chi connectivity index (χ4n) is 7.35. The lowest BCUT2D eigenvalue weighted by molar-refractivity contribution is -0.117. The summed E-state index contributed by atoms with van der Waals surface area (Å²) in [6.07, 6.45) is 8.38. The van der Waals surface area contributed by atoms with Crippen molar-refractivity contribution in [1.29, 1.82) is 0 Å². The highest BCUT2D eigenvalue weighted by Gasteiger charge is 2.36. The first-order valence-corrected chi connectivity index (χ1v) is 16.8. The molecule has 3 aliphatic heterocycles. The van der Waals surface area contributed by atoms with Crippen LogP contribution in [-0.4, -0.2) is 35.0 Å². The van der Waals surface area contributed by atoms with Gasteiger partial charge in [-0.15, -0.1) is 0 Å². The number of benzene rings is 3. The molecule has 3 aliphatic rings. The van der Waals surface area contributed by atoms with Crippen LogP contribution in [0.4, 0.5) is 11.4 Å². The van der Waals surface area contributed by atoms with E-state index < -0.39 is 0 Å². The molecule has 4 heterocycles. The van der Waals surface area contributed by atoms with E-state index in [1.165, 1.54) is 28.8 Å².